The Morgan fingerprint density at radius 1 is 1.13 bits per heavy atom. The second kappa shape index (κ2) is 7.68. The third kappa shape index (κ3) is 3.96. The molecule has 0 radical (unpaired) electrons. The molecule has 2 aromatic carbocycles. The van der Waals surface area contributed by atoms with Crippen LogP contribution in [0.3, 0.4) is 0 Å². The highest BCUT2D eigenvalue weighted by Crippen LogP contribution is 2.32. The summed E-state index contributed by atoms with van der Waals surface area (Å²) in [6.07, 6.45) is 0. The van der Waals surface area contributed by atoms with E-state index < -0.39 is 0 Å². The van der Waals surface area contributed by atoms with Crippen LogP contribution in [0.15, 0.2) is 36.4 Å². The van der Waals surface area contributed by atoms with Crippen molar-refractivity contribution in [2.75, 3.05) is 21.3 Å². The van der Waals surface area contributed by atoms with Crippen LogP contribution in [0.4, 0.5) is 0 Å². The lowest BCUT2D eigenvalue weighted by Crippen LogP contribution is -2.27. The van der Waals surface area contributed by atoms with Crippen molar-refractivity contribution in [3.8, 4) is 11.5 Å². The maximum absolute atomic E-state index is 12.8. The molecule has 0 heterocycles. The standard InChI is InChI=1S/C18H20INO3/c1-12-7-5-6-8-13(12)11-20(2)18(21)14-9-16(22-3)17(23-4)10-15(14)19/h5-10H,11H2,1-4H3. The first-order valence-corrected chi connectivity index (χ1v) is 8.27. The zero-order valence-corrected chi connectivity index (χ0v) is 15.9. The fourth-order valence-corrected chi connectivity index (χ4v) is 3.01. The molecule has 0 aliphatic heterocycles. The Morgan fingerprint density at radius 3 is 2.35 bits per heavy atom. The molecule has 1 amide bonds. The molecule has 0 atom stereocenters. The zero-order valence-electron chi connectivity index (χ0n) is 13.7. The van der Waals surface area contributed by atoms with Gasteiger partial charge in [-0.05, 0) is 52.8 Å². The van der Waals surface area contributed by atoms with Crippen LogP contribution in [-0.2, 0) is 6.54 Å². The molecular formula is C18H20INO3. The maximum Gasteiger partial charge on any atom is 0.255 e. The van der Waals surface area contributed by atoms with Gasteiger partial charge in [-0.25, -0.2) is 0 Å². The highest BCUT2D eigenvalue weighted by Gasteiger charge is 2.19. The summed E-state index contributed by atoms with van der Waals surface area (Å²) in [5.74, 6) is 1.13. The first-order valence-electron chi connectivity index (χ1n) is 7.19. The van der Waals surface area contributed by atoms with Gasteiger partial charge in [0.1, 0.15) is 0 Å². The number of amides is 1. The van der Waals surface area contributed by atoms with Gasteiger partial charge in [0.15, 0.2) is 11.5 Å². The summed E-state index contributed by atoms with van der Waals surface area (Å²) in [5.41, 5.74) is 2.92. The van der Waals surface area contributed by atoms with Gasteiger partial charge in [0.25, 0.3) is 5.91 Å². The summed E-state index contributed by atoms with van der Waals surface area (Å²) in [6.45, 7) is 2.61. The number of halogens is 1. The number of ether oxygens (including phenoxy) is 2. The number of hydrogen-bond donors (Lipinski definition) is 0. The molecule has 2 aromatic rings. The second-order valence-electron chi connectivity index (χ2n) is 5.27. The van der Waals surface area contributed by atoms with Gasteiger partial charge in [-0.15, -0.1) is 0 Å². The molecule has 0 saturated heterocycles. The van der Waals surface area contributed by atoms with Gasteiger partial charge in [0.05, 0.1) is 19.8 Å². The fourth-order valence-electron chi connectivity index (χ4n) is 2.34. The lowest BCUT2D eigenvalue weighted by Gasteiger charge is -2.20. The number of benzene rings is 2. The molecule has 23 heavy (non-hydrogen) atoms. The van der Waals surface area contributed by atoms with E-state index >= 15 is 0 Å². The molecule has 2 rings (SSSR count). The number of hydrogen-bond acceptors (Lipinski definition) is 3. The monoisotopic (exact) mass is 425 g/mol. The molecule has 0 N–H and O–H groups in total. The van der Waals surface area contributed by atoms with Crippen molar-refractivity contribution in [3.63, 3.8) is 0 Å². The van der Waals surface area contributed by atoms with Crippen molar-refractivity contribution in [1.29, 1.82) is 0 Å². The van der Waals surface area contributed by atoms with Crippen LogP contribution < -0.4 is 9.47 Å². The number of aryl methyl sites for hydroxylation is 1. The van der Waals surface area contributed by atoms with E-state index in [4.69, 9.17) is 9.47 Å². The van der Waals surface area contributed by atoms with E-state index in [0.29, 0.717) is 23.6 Å². The first-order chi connectivity index (χ1) is 11.0. The minimum Gasteiger partial charge on any atom is -0.493 e. The number of carbonyl (C=O) groups excluding carboxylic acids is 1. The molecule has 4 nitrogen and oxygen atoms in total. The molecule has 122 valence electrons. The summed E-state index contributed by atoms with van der Waals surface area (Å²) in [5, 5.41) is 0. The molecule has 0 aliphatic rings. The Balaban J connectivity index is 2.27. The lowest BCUT2D eigenvalue weighted by molar-refractivity contribution is 0.0783. The third-order valence-corrected chi connectivity index (χ3v) is 4.61. The van der Waals surface area contributed by atoms with Crippen LogP contribution in [0.1, 0.15) is 21.5 Å². The van der Waals surface area contributed by atoms with E-state index in [2.05, 4.69) is 22.6 Å². The molecule has 0 saturated carbocycles. The second-order valence-corrected chi connectivity index (χ2v) is 6.44. The van der Waals surface area contributed by atoms with Gasteiger partial charge in [-0.1, -0.05) is 24.3 Å². The fraction of sp³-hybridized carbons (Fsp3) is 0.278. The van der Waals surface area contributed by atoms with Crippen molar-refractivity contribution < 1.29 is 14.3 Å². The first kappa shape index (κ1) is 17.6. The minimum absolute atomic E-state index is 0.0430. The van der Waals surface area contributed by atoms with Crippen LogP contribution in [0.25, 0.3) is 0 Å². The molecule has 0 unspecified atom stereocenters. The molecule has 0 bridgehead atoms. The molecule has 0 aromatic heterocycles. The van der Waals surface area contributed by atoms with Gasteiger partial charge in [-0.3, -0.25) is 4.79 Å². The van der Waals surface area contributed by atoms with Crippen molar-refractivity contribution >= 4 is 28.5 Å². The summed E-state index contributed by atoms with van der Waals surface area (Å²) in [7, 11) is 4.96. The topological polar surface area (TPSA) is 38.8 Å². The highest BCUT2D eigenvalue weighted by atomic mass is 127. The Kier molecular flexibility index (Phi) is 5.87. The van der Waals surface area contributed by atoms with Crippen LogP contribution in [-0.4, -0.2) is 32.1 Å². The van der Waals surface area contributed by atoms with Crippen molar-refractivity contribution in [1.82, 2.24) is 4.90 Å². The number of nitrogens with zero attached hydrogens (tertiary/aromatic N) is 1. The Hall–Kier alpha value is -1.76. The van der Waals surface area contributed by atoms with Gasteiger partial charge in [-0.2, -0.15) is 0 Å². The number of rotatable bonds is 5. The van der Waals surface area contributed by atoms with Crippen molar-refractivity contribution in [2.45, 2.75) is 13.5 Å². The van der Waals surface area contributed by atoms with Crippen molar-refractivity contribution in [2.24, 2.45) is 0 Å². The molecule has 5 heteroatoms. The average Bonchev–Trinajstić information content (AvgIpc) is 2.55. The van der Waals surface area contributed by atoms with Crippen molar-refractivity contribution in [3.05, 3.63) is 56.7 Å². The van der Waals surface area contributed by atoms with Crippen LogP contribution in [0.5, 0.6) is 11.5 Å². The quantitative estimate of drug-likeness (QED) is 0.683. The summed E-state index contributed by atoms with van der Waals surface area (Å²) in [4.78, 5) is 14.5. The predicted molar refractivity (Wildman–Crippen MR) is 99.2 cm³/mol. The van der Waals surface area contributed by atoms with Gasteiger partial charge in [0, 0.05) is 17.2 Å². The molecule has 0 aliphatic carbocycles. The smallest absolute Gasteiger partial charge is 0.255 e. The normalized spacial score (nSPS) is 10.3. The molecule has 0 spiro atoms. The maximum atomic E-state index is 12.8. The van der Waals surface area contributed by atoms with Gasteiger partial charge in [0.2, 0.25) is 0 Å². The van der Waals surface area contributed by atoms with Crippen LogP contribution in [0.2, 0.25) is 0 Å². The largest absolute Gasteiger partial charge is 0.493 e. The SMILES string of the molecule is COc1cc(I)c(C(=O)N(C)Cc2ccccc2C)cc1OC. The minimum atomic E-state index is -0.0430. The van der Waals surface area contributed by atoms with Gasteiger partial charge < -0.3 is 14.4 Å². The summed E-state index contributed by atoms with van der Waals surface area (Å²) >= 11 is 2.15. The Labute approximate surface area is 150 Å². The zero-order chi connectivity index (χ0) is 17.0. The Bertz CT molecular complexity index is 715. The van der Waals surface area contributed by atoms with Crippen LogP contribution in [0, 0.1) is 10.5 Å². The summed E-state index contributed by atoms with van der Waals surface area (Å²) < 4.78 is 11.4. The Morgan fingerprint density at radius 2 is 1.74 bits per heavy atom. The van der Waals surface area contributed by atoms with E-state index in [1.165, 1.54) is 5.56 Å². The van der Waals surface area contributed by atoms with E-state index in [-0.39, 0.29) is 5.91 Å². The van der Waals surface area contributed by atoms with E-state index in [0.717, 1.165) is 9.13 Å². The highest BCUT2D eigenvalue weighted by molar-refractivity contribution is 14.1. The van der Waals surface area contributed by atoms with Crippen LogP contribution >= 0.6 is 22.6 Å². The van der Waals surface area contributed by atoms with E-state index in [1.807, 2.05) is 44.3 Å². The molecule has 0 fully saturated rings. The number of methoxy groups -OCH3 is 2. The average molecular weight is 425 g/mol. The lowest BCUT2D eigenvalue weighted by atomic mass is 10.1. The summed E-state index contributed by atoms with van der Waals surface area (Å²) in [6, 6.07) is 11.6. The molecular weight excluding hydrogens is 405 g/mol. The predicted octanol–water partition coefficient (Wildman–Crippen LogP) is 3.89. The third-order valence-electron chi connectivity index (χ3n) is 3.72. The van der Waals surface area contributed by atoms with Gasteiger partial charge >= 0.3 is 0 Å². The number of carbonyl (C=O) groups is 1. The van der Waals surface area contributed by atoms with E-state index in [9.17, 15) is 4.79 Å². The van der Waals surface area contributed by atoms with E-state index in [1.54, 1.807) is 25.2 Å².